The van der Waals surface area contributed by atoms with Crippen molar-refractivity contribution in [1.29, 1.82) is 0 Å². The molecular weight excluding hydrogens is 186 g/mol. The number of rotatable bonds is 2. The van der Waals surface area contributed by atoms with Crippen molar-refractivity contribution < 1.29 is 8.42 Å². The summed E-state index contributed by atoms with van der Waals surface area (Å²) in [5, 5.41) is 2.90. The molecule has 0 atom stereocenters. The van der Waals surface area contributed by atoms with Crippen LogP contribution in [0.5, 0.6) is 0 Å². The van der Waals surface area contributed by atoms with E-state index in [1.807, 2.05) is 6.07 Å². The molecule has 1 rings (SSSR count). The van der Waals surface area contributed by atoms with E-state index in [0.717, 1.165) is 11.3 Å². The van der Waals surface area contributed by atoms with E-state index >= 15 is 0 Å². The van der Waals surface area contributed by atoms with E-state index in [9.17, 15) is 8.42 Å². The molecule has 72 valence electrons. The summed E-state index contributed by atoms with van der Waals surface area (Å²) >= 11 is 0. The van der Waals surface area contributed by atoms with Gasteiger partial charge in [0.05, 0.1) is 4.90 Å². The molecular formula is C9H13NO2S. The lowest BCUT2D eigenvalue weighted by Crippen LogP contribution is -2.01. The predicted molar refractivity (Wildman–Crippen MR) is 53.8 cm³/mol. The smallest absolute Gasteiger partial charge is 0.175 e. The molecule has 1 N–H and O–H groups in total. The van der Waals surface area contributed by atoms with Crippen LogP contribution in [0.15, 0.2) is 23.1 Å². The summed E-state index contributed by atoms with van der Waals surface area (Å²) in [6.45, 7) is 1.79. The summed E-state index contributed by atoms with van der Waals surface area (Å²) in [5.74, 6) is 0. The van der Waals surface area contributed by atoms with Gasteiger partial charge in [0.2, 0.25) is 0 Å². The Bertz CT molecular complexity index is 410. The van der Waals surface area contributed by atoms with E-state index in [2.05, 4.69) is 5.32 Å². The van der Waals surface area contributed by atoms with Crippen LogP contribution < -0.4 is 5.32 Å². The van der Waals surface area contributed by atoms with Crippen LogP contribution in [-0.2, 0) is 9.84 Å². The highest BCUT2D eigenvalue weighted by Crippen LogP contribution is 2.19. The summed E-state index contributed by atoms with van der Waals surface area (Å²) in [6.07, 6.45) is 1.22. The number of hydrogen-bond donors (Lipinski definition) is 1. The van der Waals surface area contributed by atoms with Gasteiger partial charge in [0.25, 0.3) is 0 Å². The zero-order valence-corrected chi connectivity index (χ0v) is 8.77. The number of nitrogens with one attached hydrogen (secondary N) is 1. The fourth-order valence-corrected chi connectivity index (χ4v) is 2.15. The zero-order valence-electron chi connectivity index (χ0n) is 7.96. The first-order chi connectivity index (χ1) is 5.95. The molecule has 1 aromatic carbocycles. The molecule has 0 aliphatic heterocycles. The molecule has 13 heavy (non-hydrogen) atoms. The maximum Gasteiger partial charge on any atom is 0.175 e. The Morgan fingerprint density at radius 1 is 1.31 bits per heavy atom. The van der Waals surface area contributed by atoms with Crippen LogP contribution in [0, 0.1) is 6.92 Å². The van der Waals surface area contributed by atoms with Gasteiger partial charge in [-0.3, -0.25) is 0 Å². The second-order valence-electron chi connectivity index (χ2n) is 3.00. The molecule has 0 saturated carbocycles. The fourth-order valence-electron chi connectivity index (χ4n) is 1.16. The molecule has 1 aromatic rings. The minimum absolute atomic E-state index is 0.388. The second kappa shape index (κ2) is 3.38. The van der Waals surface area contributed by atoms with Gasteiger partial charge in [-0.2, -0.15) is 0 Å². The van der Waals surface area contributed by atoms with Gasteiger partial charge in [-0.25, -0.2) is 8.42 Å². The van der Waals surface area contributed by atoms with Gasteiger partial charge in [0, 0.05) is 19.0 Å². The van der Waals surface area contributed by atoms with E-state index in [0.29, 0.717) is 4.90 Å². The number of hydrogen-bond acceptors (Lipinski definition) is 3. The van der Waals surface area contributed by atoms with E-state index < -0.39 is 9.84 Å². The lowest BCUT2D eigenvalue weighted by molar-refractivity contribution is 0.601. The Labute approximate surface area is 78.7 Å². The third-order valence-electron chi connectivity index (χ3n) is 1.88. The van der Waals surface area contributed by atoms with E-state index in [4.69, 9.17) is 0 Å². The minimum atomic E-state index is -3.11. The summed E-state index contributed by atoms with van der Waals surface area (Å²) in [6, 6.07) is 5.29. The fraction of sp³-hybridized carbons (Fsp3) is 0.333. The molecule has 0 fully saturated rings. The highest BCUT2D eigenvalue weighted by atomic mass is 32.2. The number of sulfone groups is 1. The lowest BCUT2D eigenvalue weighted by Gasteiger charge is -2.06. The summed E-state index contributed by atoms with van der Waals surface area (Å²) < 4.78 is 22.6. The molecule has 0 radical (unpaired) electrons. The third kappa shape index (κ3) is 2.21. The van der Waals surface area contributed by atoms with Gasteiger partial charge in [-0.15, -0.1) is 0 Å². The Morgan fingerprint density at radius 3 is 2.38 bits per heavy atom. The molecule has 0 saturated heterocycles. The van der Waals surface area contributed by atoms with Gasteiger partial charge in [0.1, 0.15) is 0 Å². The first-order valence-corrected chi connectivity index (χ1v) is 5.83. The number of benzene rings is 1. The summed E-state index contributed by atoms with van der Waals surface area (Å²) in [4.78, 5) is 0.388. The van der Waals surface area contributed by atoms with Gasteiger partial charge in [-0.05, 0) is 24.6 Å². The van der Waals surface area contributed by atoms with Crippen LogP contribution in [0.25, 0.3) is 0 Å². The maximum atomic E-state index is 11.3. The van der Waals surface area contributed by atoms with Gasteiger partial charge in [-0.1, -0.05) is 6.07 Å². The van der Waals surface area contributed by atoms with Crippen LogP contribution in [0.3, 0.4) is 0 Å². The number of aryl methyl sites for hydroxylation is 1. The van der Waals surface area contributed by atoms with Crippen molar-refractivity contribution in [3.05, 3.63) is 23.8 Å². The highest BCUT2D eigenvalue weighted by Gasteiger charge is 2.10. The van der Waals surface area contributed by atoms with Gasteiger partial charge >= 0.3 is 0 Å². The second-order valence-corrected chi connectivity index (χ2v) is 4.99. The van der Waals surface area contributed by atoms with Crippen LogP contribution in [0.1, 0.15) is 5.56 Å². The van der Waals surface area contributed by atoms with Crippen molar-refractivity contribution in [2.45, 2.75) is 11.8 Å². The van der Waals surface area contributed by atoms with Crippen molar-refractivity contribution in [3.8, 4) is 0 Å². The van der Waals surface area contributed by atoms with E-state index in [1.54, 1.807) is 26.1 Å². The quantitative estimate of drug-likeness (QED) is 0.784. The molecule has 0 bridgehead atoms. The molecule has 0 unspecified atom stereocenters. The zero-order chi connectivity index (χ0) is 10.1. The molecule has 0 spiro atoms. The van der Waals surface area contributed by atoms with Crippen molar-refractivity contribution in [2.75, 3.05) is 18.6 Å². The maximum absolute atomic E-state index is 11.3. The Balaban J connectivity index is 3.36. The largest absolute Gasteiger partial charge is 0.388 e. The Morgan fingerprint density at radius 2 is 1.92 bits per heavy atom. The predicted octanol–water partition coefficient (Wildman–Crippen LogP) is 1.44. The molecule has 0 heterocycles. The lowest BCUT2D eigenvalue weighted by atomic mass is 10.2. The van der Waals surface area contributed by atoms with Crippen molar-refractivity contribution >= 4 is 15.5 Å². The van der Waals surface area contributed by atoms with E-state index in [1.165, 1.54) is 6.26 Å². The van der Waals surface area contributed by atoms with Crippen molar-refractivity contribution in [2.24, 2.45) is 0 Å². The first-order valence-electron chi connectivity index (χ1n) is 3.93. The summed E-state index contributed by atoms with van der Waals surface area (Å²) in [5.41, 5.74) is 1.59. The average molecular weight is 199 g/mol. The monoisotopic (exact) mass is 199 g/mol. The standard InChI is InChI=1S/C9H13NO2S/c1-7-4-5-8(10-2)6-9(7)13(3,11)12/h4-6,10H,1-3H3. The van der Waals surface area contributed by atoms with Crippen molar-refractivity contribution in [1.82, 2.24) is 0 Å². The van der Waals surface area contributed by atoms with Crippen LogP contribution in [0.4, 0.5) is 5.69 Å². The third-order valence-corrected chi connectivity index (χ3v) is 3.12. The van der Waals surface area contributed by atoms with E-state index in [-0.39, 0.29) is 0 Å². The topological polar surface area (TPSA) is 46.2 Å². The number of anilines is 1. The molecule has 0 aliphatic rings. The van der Waals surface area contributed by atoms with Crippen LogP contribution in [0.2, 0.25) is 0 Å². The molecule has 0 aliphatic carbocycles. The first kappa shape index (κ1) is 10.1. The normalized spacial score (nSPS) is 11.3. The van der Waals surface area contributed by atoms with Gasteiger partial charge < -0.3 is 5.32 Å². The summed E-state index contributed by atoms with van der Waals surface area (Å²) in [7, 11) is -1.35. The van der Waals surface area contributed by atoms with Crippen LogP contribution in [-0.4, -0.2) is 21.7 Å². The van der Waals surface area contributed by atoms with Gasteiger partial charge in [0.15, 0.2) is 9.84 Å². The highest BCUT2D eigenvalue weighted by molar-refractivity contribution is 7.90. The molecule has 4 heteroatoms. The molecule has 0 amide bonds. The molecule has 3 nitrogen and oxygen atoms in total. The Hall–Kier alpha value is -1.03. The van der Waals surface area contributed by atoms with Crippen molar-refractivity contribution in [3.63, 3.8) is 0 Å². The minimum Gasteiger partial charge on any atom is -0.388 e. The SMILES string of the molecule is CNc1ccc(C)c(S(C)(=O)=O)c1. The Kier molecular flexibility index (Phi) is 2.61. The van der Waals surface area contributed by atoms with Crippen LogP contribution >= 0.6 is 0 Å². The molecule has 0 aromatic heterocycles. The average Bonchev–Trinajstić information content (AvgIpc) is 2.03.